The average molecular weight is 395 g/mol. The third-order valence-corrected chi connectivity index (χ3v) is 6.39. The van der Waals surface area contributed by atoms with Crippen molar-refractivity contribution < 1.29 is 9.59 Å². The lowest BCUT2D eigenvalue weighted by molar-refractivity contribution is -0.125. The summed E-state index contributed by atoms with van der Waals surface area (Å²) in [4.78, 5) is 24.7. The van der Waals surface area contributed by atoms with Gasteiger partial charge in [-0.3, -0.25) is 9.59 Å². The Labute approximate surface area is 169 Å². The molecule has 0 radical (unpaired) electrons. The van der Waals surface area contributed by atoms with E-state index in [1.165, 1.54) is 5.56 Å². The lowest BCUT2D eigenvalue weighted by Crippen LogP contribution is -2.44. The van der Waals surface area contributed by atoms with Crippen LogP contribution in [0.1, 0.15) is 43.9 Å². The van der Waals surface area contributed by atoms with Gasteiger partial charge in [-0.2, -0.15) is 10.5 Å². The van der Waals surface area contributed by atoms with Gasteiger partial charge in [0.1, 0.15) is 5.92 Å². The largest absolute Gasteiger partial charge is 0.349 e. The predicted octanol–water partition coefficient (Wildman–Crippen LogP) is 2.94. The first-order valence-corrected chi connectivity index (χ1v) is 10.2. The first kappa shape index (κ1) is 20.0. The summed E-state index contributed by atoms with van der Waals surface area (Å²) in [5.74, 6) is -1.42. The van der Waals surface area contributed by atoms with E-state index in [2.05, 4.69) is 28.8 Å². The summed E-state index contributed by atoms with van der Waals surface area (Å²) in [5, 5.41) is 24.9. The number of allylic oxidation sites excluding steroid dienone is 1. The van der Waals surface area contributed by atoms with Crippen LogP contribution in [0, 0.1) is 34.0 Å². The van der Waals surface area contributed by atoms with Crippen LogP contribution >= 0.6 is 11.8 Å². The van der Waals surface area contributed by atoms with Crippen molar-refractivity contribution in [3.63, 3.8) is 0 Å². The highest BCUT2D eigenvalue weighted by molar-refractivity contribution is 8.03. The normalized spacial score (nSPS) is 23.1. The average Bonchev–Trinajstić information content (AvgIpc) is 2.66. The molecule has 28 heavy (non-hydrogen) atoms. The van der Waals surface area contributed by atoms with Crippen LogP contribution in [-0.4, -0.2) is 17.6 Å². The fraction of sp³-hybridized carbons (Fsp3) is 0.429. The van der Waals surface area contributed by atoms with Crippen LogP contribution in [0.15, 0.2) is 34.9 Å². The molecule has 1 aliphatic carbocycles. The van der Waals surface area contributed by atoms with Crippen LogP contribution in [0.25, 0.3) is 0 Å². The number of aryl methyl sites for hydroxylation is 1. The summed E-state index contributed by atoms with van der Waals surface area (Å²) in [6.07, 6.45) is 2.95. The van der Waals surface area contributed by atoms with E-state index in [1.807, 2.05) is 18.2 Å². The van der Waals surface area contributed by atoms with E-state index in [0.29, 0.717) is 10.6 Å². The summed E-state index contributed by atoms with van der Waals surface area (Å²) in [5.41, 5.74) is 1.87. The minimum atomic E-state index is -0.931. The standard InChI is InChI=1S/C21H22N4O2S/c1-21(2)15(10-22)19(27)25-20(16(21)11-23)28-12-18(26)24-17-9-5-7-13-6-3-4-8-14(13)17/h3-4,6,8,15,17H,5,7,9,12H2,1-2H3,(H,24,26)(H,25,27)/t15-,17+/m0/s1. The van der Waals surface area contributed by atoms with Crippen LogP contribution in [0.3, 0.4) is 0 Å². The number of nitrogens with zero attached hydrogens (tertiary/aromatic N) is 2. The number of hydrogen-bond acceptors (Lipinski definition) is 5. The first-order valence-electron chi connectivity index (χ1n) is 9.23. The van der Waals surface area contributed by atoms with Gasteiger partial charge in [-0.1, -0.05) is 49.9 Å². The number of nitrogens with one attached hydrogen (secondary N) is 2. The highest BCUT2D eigenvalue weighted by Gasteiger charge is 2.44. The zero-order chi connectivity index (χ0) is 20.3. The number of carbonyl (C=O) groups excluding carboxylic acids is 2. The van der Waals surface area contributed by atoms with Gasteiger partial charge in [0.2, 0.25) is 11.8 Å². The van der Waals surface area contributed by atoms with E-state index < -0.39 is 17.2 Å². The van der Waals surface area contributed by atoms with Crippen molar-refractivity contribution in [2.24, 2.45) is 11.3 Å². The zero-order valence-electron chi connectivity index (χ0n) is 15.9. The molecule has 0 bridgehead atoms. The van der Waals surface area contributed by atoms with Gasteiger partial charge in [0, 0.05) is 5.41 Å². The highest BCUT2D eigenvalue weighted by Crippen LogP contribution is 2.41. The summed E-state index contributed by atoms with van der Waals surface area (Å²) in [6.45, 7) is 3.41. The van der Waals surface area contributed by atoms with Gasteiger partial charge in [-0.05, 0) is 30.4 Å². The molecule has 0 fully saturated rings. The second-order valence-electron chi connectivity index (χ2n) is 7.59. The maximum absolute atomic E-state index is 12.5. The number of fused-ring (bicyclic) bond motifs is 1. The van der Waals surface area contributed by atoms with E-state index >= 15 is 0 Å². The number of rotatable bonds is 4. The number of carbonyl (C=O) groups is 2. The molecule has 0 aromatic heterocycles. The summed E-state index contributed by atoms with van der Waals surface area (Å²) in [7, 11) is 0. The van der Waals surface area contributed by atoms with E-state index in [4.69, 9.17) is 0 Å². The van der Waals surface area contributed by atoms with E-state index in [0.717, 1.165) is 36.6 Å². The van der Waals surface area contributed by atoms with Gasteiger partial charge < -0.3 is 10.6 Å². The molecule has 0 spiro atoms. The molecular formula is C21H22N4O2S. The SMILES string of the molecule is CC1(C)C(C#N)=C(SCC(=O)N[C@@H]2CCCc3ccccc32)NC(=O)[C@@H]1C#N. The van der Waals surface area contributed by atoms with Crippen LogP contribution in [0.2, 0.25) is 0 Å². The molecule has 0 saturated carbocycles. The molecule has 1 aliphatic heterocycles. The van der Waals surface area contributed by atoms with Crippen molar-refractivity contribution in [2.75, 3.05) is 5.75 Å². The molecule has 1 aromatic carbocycles. The molecule has 1 heterocycles. The molecule has 1 aromatic rings. The minimum absolute atomic E-state index is 0.0113. The number of benzene rings is 1. The Morgan fingerprint density at radius 1 is 1.36 bits per heavy atom. The van der Waals surface area contributed by atoms with Gasteiger partial charge in [0.25, 0.3) is 0 Å². The smallest absolute Gasteiger partial charge is 0.243 e. The summed E-state index contributed by atoms with van der Waals surface area (Å²) < 4.78 is 0. The number of thioether (sulfide) groups is 1. The van der Waals surface area contributed by atoms with Gasteiger partial charge in [0.05, 0.1) is 34.5 Å². The number of nitriles is 2. The highest BCUT2D eigenvalue weighted by atomic mass is 32.2. The van der Waals surface area contributed by atoms with Crippen molar-refractivity contribution in [1.82, 2.24) is 10.6 Å². The predicted molar refractivity (Wildman–Crippen MR) is 106 cm³/mol. The second-order valence-corrected chi connectivity index (χ2v) is 8.57. The molecule has 2 aliphatic rings. The fourth-order valence-corrected chi connectivity index (χ4v) is 4.80. The van der Waals surface area contributed by atoms with E-state index in [9.17, 15) is 20.1 Å². The quantitative estimate of drug-likeness (QED) is 0.817. The number of hydrogen-bond donors (Lipinski definition) is 2. The van der Waals surface area contributed by atoms with Crippen molar-refractivity contribution in [2.45, 2.75) is 39.2 Å². The lowest BCUT2D eigenvalue weighted by Gasteiger charge is -2.34. The third-order valence-electron chi connectivity index (χ3n) is 5.39. The molecular weight excluding hydrogens is 372 g/mol. The van der Waals surface area contributed by atoms with Gasteiger partial charge in [-0.25, -0.2) is 0 Å². The first-order chi connectivity index (χ1) is 13.4. The Morgan fingerprint density at radius 2 is 2.11 bits per heavy atom. The molecule has 0 unspecified atom stereocenters. The van der Waals surface area contributed by atoms with Crippen LogP contribution in [-0.2, 0) is 16.0 Å². The molecule has 2 atom stereocenters. The van der Waals surface area contributed by atoms with E-state index in [-0.39, 0.29) is 17.7 Å². The molecule has 2 N–H and O–H groups in total. The Bertz CT molecular complexity index is 923. The Morgan fingerprint density at radius 3 is 2.82 bits per heavy atom. The van der Waals surface area contributed by atoms with Gasteiger partial charge in [0.15, 0.2) is 0 Å². The maximum atomic E-state index is 12.5. The molecule has 0 saturated heterocycles. The topological polar surface area (TPSA) is 106 Å². The summed E-state index contributed by atoms with van der Waals surface area (Å²) in [6, 6.07) is 12.2. The molecule has 2 amide bonds. The summed E-state index contributed by atoms with van der Waals surface area (Å²) >= 11 is 1.13. The van der Waals surface area contributed by atoms with E-state index in [1.54, 1.807) is 13.8 Å². The van der Waals surface area contributed by atoms with Crippen molar-refractivity contribution in [3.8, 4) is 12.1 Å². The van der Waals surface area contributed by atoms with Gasteiger partial charge >= 0.3 is 0 Å². The van der Waals surface area contributed by atoms with Crippen molar-refractivity contribution in [1.29, 1.82) is 10.5 Å². The second kappa shape index (κ2) is 8.08. The van der Waals surface area contributed by atoms with Crippen LogP contribution < -0.4 is 10.6 Å². The van der Waals surface area contributed by atoms with Crippen LogP contribution in [0.4, 0.5) is 0 Å². The molecule has 7 heteroatoms. The molecule has 6 nitrogen and oxygen atoms in total. The van der Waals surface area contributed by atoms with Crippen LogP contribution in [0.5, 0.6) is 0 Å². The minimum Gasteiger partial charge on any atom is -0.349 e. The van der Waals surface area contributed by atoms with Gasteiger partial charge in [-0.15, -0.1) is 0 Å². The Balaban J connectivity index is 1.70. The lowest BCUT2D eigenvalue weighted by atomic mass is 9.72. The van der Waals surface area contributed by atoms with Crippen molar-refractivity contribution in [3.05, 3.63) is 46.0 Å². The fourth-order valence-electron chi connectivity index (χ4n) is 3.81. The molecule has 3 rings (SSSR count). The number of amides is 2. The van der Waals surface area contributed by atoms with Crippen molar-refractivity contribution >= 4 is 23.6 Å². The Hall–Kier alpha value is -2.77. The molecule has 144 valence electrons. The maximum Gasteiger partial charge on any atom is 0.243 e. The Kier molecular flexibility index (Phi) is 5.76. The zero-order valence-corrected chi connectivity index (χ0v) is 16.7. The third kappa shape index (κ3) is 3.76. The monoisotopic (exact) mass is 394 g/mol.